The molecule has 1 N–H and O–H groups in total. The van der Waals surface area contributed by atoms with Crippen molar-refractivity contribution in [3.05, 3.63) is 69.7 Å². The molecule has 1 fully saturated rings. The minimum Gasteiger partial charge on any atom is -0.320 e. The molecule has 2 heterocycles. The number of nitrogens with one attached hydrogen (secondary N) is 1. The Morgan fingerprint density at radius 1 is 1.13 bits per heavy atom. The van der Waals surface area contributed by atoms with Gasteiger partial charge in [-0.2, -0.15) is 4.31 Å². The Morgan fingerprint density at radius 3 is 2.58 bits per heavy atom. The second-order valence-corrected chi connectivity index (χ2v) is 9.96. The fourth-order valence-electron chi connectivity index (χ4n) is 3.43. The Bertz CT molecular complexity index is 1230. The van der Waals surface area contributed by atoms with Gasteiger partial charge in [-0.15, -0.1) is 10.2 Å². The zero-order valence-electron chi connectivity index (χ0n) is 16.4. The summed E-state index contributed by atoms with van der Waals surface area (Å²) in [5, 5.41) is 11.0. The normalized spacial score (nSPS) is 17.1. The number of hydrogen-bond donors (Lipinski definition) is 1. The van der Waals surface area contributed by atoms with Crippen LogP contribution in [0.4, 0.5) is 14.5 Å². The van der Waals surface area contributed by atoms with Crippen molar-refractivity contribution in [1.29, 1.82) is 0 Å². The van der Waals surface area contributed by atoms with E-state index in [0.717, 1.165) is 17.4 Å². The number of carbonyl (C=O) groups excluding carboxylic acids is 1. The summed E-state index contributed by atoms with van der Waals surface area (Å²) >= 11 is 0.995. The van der Waals surface area contributed by atoms with Gasteiger partial charge in [0.05, 0.1) is 10.9 Å². The molecular weight excluding hydrogens is 446 g/mol. The summed E-state index contributed by atoms with van der Waals surface area (Å²) in [5.74, 6) is -1.58. The highest BCUT2D eigenvalue weighted by Gasteiger charge is 2.39. The van der Waals surface area contributed by atoms with Crippen molar-refractivity contribution in [1.82, 2.24) is 14.5 Å². The first-order chi connectivity index (χ1) is 14.8. The molecule has 1 unspecified atom stereocenters. The smallest absolute Gasteiger partial charge is 0.286 e. The van der Waals surface area contributed by atoms with Gasteiger partial charge in [0, 0.05) is 12.2 Å². The van der Waals surface area contributed by atoms with E-state index < -0.39 is 33.6 Å². The summed E-state index contributed by atoms with van der Waals surface area (Å²) in [6, 6.07) is 8.35. The lowest BCUT2D eigenvalue weighted by atomic mass is 10.2. The molecule has 0 radical (unpaired) electrons. The number of benzene rings is 2. The number of amides is 1. The first kappa shape index (κ1) is 21.5. The van der Waals surface area contributed by atoms with Crippen LogP contribution in [0.2, 0.25) is 0 Å². The van der Waals surface area contributed by atoms with Crippen LogP contribution >= 0.6 is 11.3 Å². The van der Waals surface area contributed by atoms with E-state index in [9.17, 15) is 22.0 Å². The highest BCUT2D eigenvalue weighted by Crippen LogP contribution is 2.38. The van der Waals surface area contributed by atoms with Crippen molar-refractivity contribution in [2.24, 2.45) is 0 Å². The monoisotopic (exact) mass is 464 g/mol. The fourth-order valence-corrected chi connectivity index (χ4v) is 6.28. The van der Waals surface area contributed by atoms with E-state index in [1.54, 1.807) is 6.92 Å². The molecule has 1 amide bonds. The summed E-state index contributed by atoms with van der Waals surface area (Å²) in [7, 11) is -3.96. The van der Waals surface area contributed by atoms with E-state index >= 15 is 0 Å². The molecule has 2 aromatic carbocycles. The molecule has 3 aromatic rings. The second kappa shape index (κ2) is 8.40. The Labute approximate surface area is 181 Å². The van der Waals surface area contributed by atoms with Gasteiger partial charge in [0.2, 0.25) is 15.0 Å². The van der Waals surface area contributed by atoms with Gasteiger partial charge in [0.1, 0.15) is 16.6 Å². The van der Waals surface area contributed by atoms with Crippen LogP contribution in [0.25, 0.3) is 0 Å². The van der Waals surface area contributed by atoms with Gasteiger partial charge in [0.25, 0.3) is 5.91 Å². The summed E-state index contributed by atoms with van der Waals surface area (Å²) < 4.78 is 54.4. The van der Waals surface area contributed by atoms with Crippen LogP contribution < -0.4 is 5.32 Å². The number of anilines is 1. The number of hydrogen-bond acceptors (Lipinski definition) is 6. The number of halogens is 2. The van der Waals surface area contributed by atoms with Crippen molar-refractivity contribution in [2.45, 2.75) is 30.7 Å². The lowest BCUT2D eigenvalue weighted by Crippen LogP contribution is -2.31. The molecule has 162 valence electrons. The van der Waals surface area contributed by atoms with Crippen molar-refractivity contribution in [2.75, 3.05) is 11.9 Å². The molecule has 0 saturated carbocycles. The van der Waals surface area contributed by atoms with E-state index in [0.29, 0.717) is 29.1 Å². The molecule has 1 aliphatic heterocycles. The van der Waals surface area contributed by atoms with Crippen molar-refractivity contribution >= 4 is 33.0 Å². The second-order valence-electron chi connectivity index (χ2n) is 7.09. The zero-order chi connectivity index (χ0) is 22.2. The maximum Gasteiger partial charge on any atom is 0.286 e. The van der Waals surface area contributed by atoms with E-state index in [2.05, 4.69) is 15.5 Å². The van der Waals surface area contributed by atoms with Crippen LogP contribution in [0.1, 0.15) is 39.3 Å². The van der Waals surface area contributed by atoms with E-state index in [1.807, 2.05) is 0 Å². The van der Waals surface area contributed by atoms with Gasteiger partial charge in [-0.3, -0.25) is 4.79 Å². The molecular formula is C20H18F2N4O3S2. The van der Waals surface area contributed by atoms with Crippen LogP contribution in [0.3, 0.4) is 0 Å². The number of rotatable bonds is 5. The number of aryl methyl sites for hydroxylation is 1. The van der Waals surface area contributed by atoms with Crippen molar-refractivity contribution in [3.63, 3.8) is 0 Å². The first-order valence-corrected chi connectivity index (χ1v) is 11.7. The standard InChI is InChI=1S/C20H18F2N4O3S2/c1-12-4-5-14(22)11-17(12)31(28,29)26-10-2-3-16(26)19-24-25-20(30-19)18(27)23-15-8-6-13(21)7-9-15/h4-9,11,16H,2-3,10H2,1H3,(H,23,27). The topological polar surface area (TPSA) is 92.3 Å². The number of sulfonamides is 1. The van der Waals surface area contributed by atoms with Crippen LogP contribution in [-0.4, -0.2) is 35.4 Å². The average Bonchev–Trinajstić information content (AvgIpc) is 3.41. The Balaban J connectivity index is 1.57. The summed E-state index contributed by atoms with van der Waals surface area (Å²) in [6.07, 6.45) is 1.12. The van der Waals surface area contributed by atoms with Crippen LogP contribution in [0.15, 0.2) is 47.4 Å². The Kier molecular flexibility index (Phi) is 5.82. The third kappa shape index (κ3) is 4.34. The van der Waals surface area contributed by atoms with Gasteiger partial charge >= 0.3 is 0 Å². The first-order valence-electron chi connectivity index (χ1n) is 9.44. The maximum absolute atomic E-state index is 13.7. The van der Waals surface area contributed by atoms with Crippen LogP contribution in [0, 0.1) is 18.6 Å². The lowest BCUT2D eigenvalue weighted by Gasteiger charge is -2.23. The van der Waals surface area contributed by atoms with Gasteiger partial charge in [-0.05, 0) is 61.7 Å². The molecule has 11 heteroatoms. The number of aromatic nitrogens is 2. The fraction of sp³-hybridized carbons (Fsp3) is 0.250. The van der Waals surface area contributed by atoms with Gasteiger partial charge < -0.3 is 5.32 Å². The summed E-state index contributed by atoms with van der Waals surface area (Å²) in [6.45, 7) is 1.87. The molecule has 4 rings (SSSR count). The Hall–Kier alpha value is -2.76. The molecule has 7 nitrogen and oxygen atoms in total. The third-order valence-corrected chi connectivity index (χ3v) is 8.04. The Morgan fingerprint density at radius 2 is 1.84 bits per heavy atom. The molecule has 1 aliphatic rings. The van der Waals surface area contributed by atoms with Crippen molar-refractivity contribution in [3.8, 4) is 0 Å². The SMILES string of the molecule is Cc1ccc(F)cc1S(=O)(=O)N1CCCC1c1nnc(C(=O)Nc2ccc(F)cc2)s1. The lowest BCUT2D eigenvalue weighted by molar-refractivity contribution is 0.102. The van der Waals surface area contributed by atoms with E-state index in [4.69, 9.17) is 0 Å². The summed E-state index contributed by atoms with van der Waals surface area (Å²) in [4.78, 5) is 12.4. The predicted molar refractivity (Wildman–Crippen MR) is 111 cm³/mol. The molecule has 31 heavy (non-hydrogen) atoms. The van der Waals surface area contributed by atoms with Crippen LogP contribution in [0.5, 0.6) is 0 Å². The van der Waals surface area contributed by atoms with Gasteiger partial charge in [-0.25, -0.2) is 17.2 Å². The molecule has 0 bridgehead atoms. The highest BCUT2D eigenvalue weighted by atomic mass is 32.2. The largest absolute Gasteiger partial charge is 0.320 e. The minimum absolute atomic E-state index is 0.0607. The van der Waals surface area contributed by atoms with Crippen molar-refractivity contribution < 1.29 is 22.0 Å². The minimum atomic E-state index is -3.96. The summed E-state index contributed by atoms with van der Waals surface area (Å²) in [5.41, 5.74) is 0.846. The van der Waals surface area contributed by atoms with Gasteiger partial charge in [-0.1, -0.05) is 17.4 Å². The highest BCUT2D eigenvalue weighted by molar-refractivity contribution is 7.89. The number of nitrogens with zero attached hydrogens (tertiary/aromatic N) is 3. The average molecular weight is 465 g/mol. The predicted octanol–water partition coefficient (Wildman–Crippen LogP) is 3.90. The maximum atomic E-state index is 13.7. The molecule has 1 atom stereocenters. The molecule has 0 spiro atoms. The van der Waals surface area contributed by atoms with Gasteiger partial charge in [0.15, 0.2) is 0 Å². The zero-order valence-corrected chi connectivity index (χ0v) is 18.0. The molecule has 1 saturated heterocycles. The molecule has 0 aliphatic carbocycles. The van der Waals surface area contributed by atoms with E-state index in [-0.39, 0.29) is 16.4 Å². The quantitative estimate of drug-likeness (QED) is 0.618. The van der Waals surface area contributed by atoms with Crippen LogP contribution in [-0.2, 0) is 10.0 Å². The molecule has 1 aromatic heterocycles. The number of carbonyl (C=O) groups is 1. The van der Waals surface area contributed by atoms with E-state index in [1.165, 1.54) is 40.7 Å². The third-order valence-electron chi connectivity index (χ3n) is 4.96.